The molecule has 6 heteroatoms. The Bertz CT molecular complexity index is 922. The van der Waals surface area contributed by atoms with Crippen molar-refractivity contribution in [3.63, 3.8) is 0 Å². The van der Waals surface area contributed by atoms with Crippen molar-refractivity contribution < 1.29 is 28.6 Å². The first kappa shape index (κ1) is 51.6. The second-order valence-electron chi connectivity index (χ2n) is 15.3. The minimum absolute atomic E-state index is 0.0780. The molecule has 314 valence electrons. The molecule has 0 N–H and O–H groups in total. The summed E-state index contributed by atoms with van der Waals surface area (Å²) >= 11 is 0. The maximum absolute atomic E-state index is 12.7. The van der Waals surface area contributed by atoms with Gasteiger partial charge in [-0.2, -0.15) is 0 Å². The zero-order valence-corrected chi connectivity index (χ0v) is 35.7. The van der Waals surface area contributed by atoms with E-state index in [4.69, 9.17) is 14.2 Å². The van der Waals surface area contributed by atoms with Gasteiger partial charge in [-0.1, -0.05) is 186 Å². The van der Waals surface area contributed by atoms with Gasteiger partial charge in [-0.3, -0.25) is 14.4 Å². The normalized spacial score (nSPS) is 12.3. The van der Waals surface area contributed by atoms with Crippen LogP contribution in [0.25, 0.3) is 0 Å². The molecular weight excluding hydrogens is 673 g/mol. The largest absolute Gasteiger partial charge is 0.462 e. The van der Waals surface area contributed by atoms with Gasteiger partial charge in [0, 0.05) is 19.3 Å². The molecule has 0 heterocycles. The molecular formula is C48H86O6. The lowest BCUT2D eigenvalue weighted by Crippen LogP contribution is -2.30. The second kappa shape index (κ2) is 43.4. The summed E-state index contributed by atoms with van der Waals surface area (Å²) in [6.07, 6.45) is 48.4. The quantitative estimate of drug-likeness (QED) is 0.0267. The van der Waals surface area contributed by atoms with Gasteiger partial charge in [0.25, 0.3) is 0 Å². The van der Waals surface area contributed by atoms with Crippen LogP contribution < -0.4 is 0 Å². The highest BCUT2D eigenvalue weighted by Crippen LogP contribution is 2.15. The number of unbranched alkanes of at least 4 members (excludes halogenated alkanes) is 24. The van der Waals surface area contributed by atoms with Crippen LogP contribution in [-0.2, 0) is 28.6 Å². The number of hydrogen-bond acceptors (Lipinski definition) is 6. The number of carbonyl (C=O) groups excluding carboxylic acids is 3. The van der Waals surface area contributed by atoms with Crippen LogP contribution >= 0.6 is 0 Å². The standard InChI is InChI=1S/C48H86O6/c1-4-7-10-13-16-19-22-24-25-27-29-32-35-38-41-47(50)53-44-45(43-52-46(49)40-37-34-31-28-21-18-15-12-9-6-3)54-48(51)42-39-36-33-30-26-23-20-17-14-11-8-5-2/h7,10,15-16,18-19,45H,4-6,8-9,11-14,17,20-44H2,1-3H3/b10-7-,18-15-,19-16-. The maximum atomic E-state index is 12.7. The van der Waals surface area contributed by atoms with E-state index in [0.717, 1.165) is 96.3 Å². The van der Waals surface area contributed by atoms with Gasteiger partial charge in [0.15, 0.2) is 6.10 Å². The van der Waals surface area contributed by atoms with Crippen molar-refractivity contribution in [1.82, 2.24) is 0 Å². The molecule has 0 aromatic rings. The predicted octanol–water partition coefficient (Wildman–Crippen LogP) is 14.6. The molecule has 0 bridgehead atoms. The lowest BCUT2D eigenvalue weighted by atomic mass is 10.0. The first-order valence-electron chi connectivity index (χ1n) is 23.0. The molecule has 0 saturated carbocycles. The third-order valence-electron chi connectivity index (χ3n) is 9.88. The van der Waals surface area contributed by atoms with Crippen LogP contribution in [-0.4, -0.2) is 37.2 Å². The van der Waals surface area contributed by atoms with Gasteiger partial charge in [-0.25, -0.2) is 0 Å². The molecule has 0 spiro atoms. The Labute approximate surface area is 334 Å². The Morgan fingerprint density at radius 3 is 1.19 bits per heavy atom. The Balaban J connectivity index is 4.36. The van der Waals surface area contributed by atoms with Gasteiger partial charge in [0.2, 0.25) is 0 Å². The SMILES string of the molecule is CC/C=C\C/C=C\CCCCCCCCCC(=O)OCC(COC(=O)CCCCCC/C=C\CCCC)OC(=O)CCCCCCCCCCCCCC. The highest BCUT2D eigenvalue weighted by molar-refractivity contribution is 5.71. The highest BCUT2D eigenvalue weighted by atomic mass is 16.6. The summed E-state index contributed by atoms with van der Waals surface area (Å²) in [6.45, 7) is 6.47. The summed E-state index contributed by atoms with van der Waals surface area (Å²) in [5, 5.41) is 0. The summed E-state index contributed by atoms with van der Waals surface area (Å²) < 4.78 is 16.7. The number of hydrogen-bond donors (Lipinski definition) is 0. The molecule has 0 saturated heterocycles. The topological polar surface area (TPSA) is 78.9 Å². The molecule has 1 unspecified atom stereocenters. The number of ether oxygens (including phenoxy) is 3. The Hall–Kier alpha value is -2.37. The van der Waals surface area contributed by atoms with Gasteiger partial charge in [0.05, 0.1) is 0 Å². The number of esters is 3. The van der Waals surface area contributed by atoms with E-state index in [1.807, 2.05) is 0 Å². The first-order valence-corrected chi connectivity index (χ1v) is 23.0. The number of allylic oxidation sites excluding steroid dienone is 6. The average molecular weight is 759 g/mol. The Kier molecular flexibility index (Phi) is 41.5. The van der Waals surface area contributed by atoms with E-state index >= 15 is 0 Å². The van der Waals surface area contributed by atoms with E-state index in [2.05, 4.69) is 57.2 Å². The second-order valence-corrected chi connectivity index (χ2v) is 15.3. The zero-order valence-electron chi connectivity index (χ0n) is 35.7. The molecule has 0 rings (SSSR count). The van der Waals surface area contributed by atoms with E-state index in [0.29, 0.717) is 19.3 Å². The van der Waals surface area contributed by atoms with Crippen LogP contribution in [0.15, 0.2) is 36.5 Å². The fourth-order valence-corrected chi connectivity index (χ4v) is 6.40. The summed E-state index contributed by atoms with van der Waals surface area (Å²) in [6, 6.07) is 0. The summed E-state index contributed by atoms with van der Waals surface area (Å²) in [4.78, 5) is 37.7. The molecule has 0 aliphatic rings. The molecule has 0 aliphatic carbocycles. The monoisotopic (exact) mass is 759 g/mol. The molecule has 0 aromatic carbocycles. The van der Waals surface area contributed by atoms with Crippen LogP contribution in [0, 0.1) is 0 Å². The van der Waals surface area contributed by atoms with Crippen LogP contribution in [0.3, 0.4) is 0 Å². The summed E-state index contributed by atoms with van der Waals surface area (Å²) in [5.74, 6) is -0.897. The third-order valence-corrected chi connectivity index (χ3v) is 9.88. The van der Waals surface area contributed by atoms with Gasteiger partial charge >= 0.3 is 17.9 Å². The third kappa shape index (κ3) is 40.8. The molecule has 0 aromatic heterocycles. The van der Waals surface area contributed by atoms with E-state index in [1.165, 1.54) is 96.3 Å². The maximum Gasteiger partial charge on any atom is 0.306 e. The van der Waals surface area contributed by atoms with E-state index in [9.17, 15) is 14.4 Å². The van der Waals surface area contributed by atoms with Gasteiger partial charge in [-0.15, -0.1) is 0 Å². The Morgan fingerprint density at radius 2 is 0.741 bits per heavy atom. The van der Waals surface area contributed by atoms with E-state index in [1.54, 1.807) is 0 Å². The summed E-state index contributed by atoms with van der Waals surface area (Å²) in [5.41, 5.74) is 0. The van der Waals surface area contributed by atoms with Crippen LogP contribution in [0.4, 0.5) is 0 Å². The highest BCUT2D eigenvalue weighted by Gasteiger charge is 2.19. The molecule has 0 radical (unpaired) electrons. The molecule has 6 nitrogen and oxygen atoms in total. The predicted molar refractivity (Wildman–Crippen MR) is 229 cm³/mol. The molecule has 0 aliphatic heterocycles. The first-order chi connectivity index (χ1) is 26.5. The van der Waals surface area contributed by atoms with Crippen molar-refractivity contribution in [2.75, 3.05) is 13.2 Å². The van der Waals surface area contributed by atoms with Crippen molar-refractivity contribution in [3.05, 3.63) is 36.5 Å². The fraction of sp³-hybridized carbons (Fsp3) is 0.812. The zero-order chi connectivity index (χ0) is 39.4. The van der Waals surface area contributed by atoms with Crippen molar-refractivity contribution in [3.8, 4) is 0 Å². The van der Waals surface area contributed by atoms with E-state index in [-0.39, 0.29) is 31.1 Å². The minimum atomic E-state index is -0.773. The molecule has 0 fully saturated rings. The average Bonchev–Trinajstić information content (AvgIpc) is 3.17. The van der Waals surface area contributed by atoms with Gasteiger partial charge in [0.1, 0.15) is 13.2 Å². The van der Waals surface area contributed by atoms with Crippen molar-refractivity contribution in [2.45, 2.75) is 239 Å². The molecule has 54 heavy (non-hydrogen) atoms. The Morgan fingerprint density at radius 1 is 0.389 bits per heavy atom. The van der Waals surface area contributed by atoms with Crippen molar-refractivity contribution in [2.24, 2.45) is 0 Å². The smallest absolute Gasteiger partial charge is 0.306 e. The van der Waals surface area contributed by atoms with Crippen LogP contribution in [0.2, 0.25) is 0 Å². The molecule has 0 amide bonds. The van der Waals surface area contributed by atoms with Gasteiger partial charge < -0.3 is 14.2 Å². The number of carbonyl (C=O) groups is 3. The van der Waals surface area contributed by atoms with Crippen LogP contribution in [0.5, 0.6) is 0 Å². The molecule has 1 atom stereocenters. The fourth-order valence-electron chi connectivity index (χ4n) is 6.40. The van der Waals surface area contributed by atoms with Crippen molar-refractivity contribution >= 4 is 17.9 Å². The summed E-state index contributed by atoms with van der Waals surface area (Å²) in [7, 11) is 0. The number of rotatable bonds is 41. The lowest BCUT2D eigenvalue weighted by Gasteiger charge is -2.18. The van der Waals surface area contributed by atoms with E-state index < -0.39 is 6.10 Å². The lowest BCUT2D eigenvalue weighted by molar-refractivity contribution is -0.167. The minimum Gasteiger partial charge on any atom is -0.462 e. The van der Waals surface area contributed by atoms with Gasteiger partial charge in [-0.05, 0) is 64.2 Å². The van der Waals surface area contributed by atoms with Crippen molar-refractivity contribution in [1.29, 1.82) is 0 Å². The van der Waals surface area contributed by atoms with Crippen LogP contribution in [0.1, 0.15) is 233 Å².